The van der Waals surface area contributed by atoms with Crippen molar-refractivity contribution in [1.29, 1.82) is 0 Å². The number of anilines is 2. The minimum absolute atomic E-state index is 0.135. The fourth-order valence-electron chi connectivity index (χ4n) is 2.58. The van der Waals surface area contributed by atoms with Gasteiger partial charge in [-0.2, -0.15) is 4.98 Å². The van der Waals surface area contributed by atoms with Crippen LogP contribution in [-0.2, 0) is 0 Å². The molecule has 0 saturated carbocycles. The standard InChI is InChI=1S/C14H19N5O2/c1-15-13-17-14-16-7-6-10(19(14)18-13)9-4-5-11(20-2)12(8-9)21-3/h4-5,8,10H,6-7H2,1-3H3,(H2,15,16,17,18). The zero-order chi connectivity index (χ0) is 14.8. The molecule has 1 unspecified atom stereocenters. The Bertz CT molecular complexity index is 640. The SMILES string of the molecule is CNc1nc2n(n1)C(c1ccc(OC)c(OC)c1)CCN2. The summed E-state index contributed by atoms with van der Waals surface area (Å²) >= 11 is 0. The van der Waals surface area contributed by atoms with E-state index in [9.17, 15) is 0 Å². The fourth-order valence-corrected chi connectivity index (χ4v) is 2.58. The second-order valence-electron chi connectivity index (χ2n) is 4.80. The van der Waals surface area contributed by atoms with E-state index in [0.717, 1.165) is 36.0 Å². The molecule has 21 heavy (non-hydrogen) atoms. The van der Waals surface area contributed by atoms with Gasteiger partial charge in [-0.3, -0.25) is 0 Å². The van der Waals surface area contributed by atoms with Crippen LogP contribution in [0.4, 0.5) is 11.9 Å². The molecule has 0 radical (unpaired) electrons. The summed E-state index contributed by atoms with van der Waals surface area (Å²) in [6, 6.07) is 6.10. The number of aromatic nitrogens is 3. The number of rotatable bonds is 4. The summed E-state index contributed by atoms with van der Waals surface area (Å²) in [5, 5.41) is 10.7. The molecule has 0 spiro atoms. The Labute approximate surface area is 123 Å². The van der Waals surface area contributed by atoms with Gasteiger partial charge in [-0.05, 0) is 24.1 Å². The van der Waals surface area contributed by atoms with Crippen molar-refractivity contribution in [1.82, 2.24) is 14.8 Å². The van der Waals surface area contributed by atoms with E-state index in [-0.39, 0.29) is 6.04 Å². The lowest BCUT2D eigenvalue weighted by Crippen LogP contribution is -2.24. The molecule has 0 fully saturated rings. The van der Waals surface area contributed by atoms with Crippen molar-refractivity contribution in [2.75, 3.05) is 38.4 Å². The first kappa shape index (κ1) is 13.5. The van der Waals surface area contributed by atoms with Crippen LogP contribution in [0.1, 0.15) is 18.0 Å². The lowest BCUT2D eigenvalue weighted by molar-refractivity contribution is 0.353. The van der Waals surface area contributed by atoms with Gasteiger partial charge in [0.25, 0.3) is 0 Å². The number of nitrogens with zero attached hydrogens (tertiary/aromatic N) is 3. The number of hydrogen-bond acceptors (Lipinski definition) is 6. The molecule has 1 aliphatic rings. The number of nitrogens with one attached hydrogen (secondary N) is 2. The molecular weight excluding hydrogens is 270 g/mol. The third-order valence-corrected chi connectivity index (χ3v) is 3.64. The van der Waals surface area contributed by atoms with Crippen LogP contribution < -0.4 is 20.1 Å². The van der Waals surface area contributed by atoms with E-state index in [4.69, 9.17) is 9.47 Å². The number of hydrogen-bond donors (Lipinski definition) is 2. The lowest BCUT2D eigenvalue weighted by Gasteiger charge is -2.25. The third kappa shape index (κ3) is 2.35. The molecule has 3 rings (SSSR count). The monoisotopic (exact) mass is 289 g/mol. The molecule has 2 N–H and O–H groups in total. The molecule has 1 aromatic heterocycles. The molecule has 2 heterocycles. The molecule has 1 atom stereocenters. The highest BCUT2D eigenvalue weighted by Gasteiger charge is 2.25. The summed E-state index contributed by atoms with van der Waals surface area (Å²) in [6.07, 6.45) is 0.939. The van der Waals surface area contributed by atoms with E-state index in [0.29, 0.717) is 5.95 Å². The summed E-state index contributed by atoms with van der Waals surface area (Å²) in [5.74, 6) is 2.85. The average Bonchev–Trinajstić information content (AvgIpc) is 2.97. The normalized spacial score (nSPS) is 16.8. The van der Waals surface area contributed by atoms with E-state index >= 15 is 0 Å². The van der Waals surface area contributed by atoms with Crippen LogP contribution in [0, 0.1) is 0 Å². The smallest absolute Gasteiger partial charge is 0.243 e. The van der Waals surface area contributed by atoms with Crippen LogP contribution >= 0.6 is 0 Å². The average molecular weight is 289 g/mol. The van der Waals surface area contributed by atoms with Gasteiger partial charge in [0.15, 0.2) is 11.5 Å². The summed E-state index contributed by atoms with van der Waals surface area (Å²) in [7, 11) is 5.09. The summed E-state index contributed by atoms with van der Waals surface area (Å²) in [6.45, 7) is 0.862. The minimum atomic E-state index is 0.135. The van der Waals surface area contributed by atoms with Gasteiger partial charge in [0.05, 0.1) is 20.3 Å². The summed E-state index contributed by atoms with van der Waals surface area (Å²) in [4.78, 5) is 4.40. The Hall–Kier alpha value is -2.44. The van der Waals surface area contributed by atoms with Crippen LogP contribution in [0.5, 0.6) is 11.5 Å². The van der Waals surface area contributed by atoms with Crippen molar-refractivity contribution >= 4 is 11.9 Å². The molecule has 1 aliphatic heterocycles. The van der Waals surface area contributed by atoms with Crippen molar-refractivity contribution < 1.29 is 9.47 Å². The van der Waals surface area contributed by atoms with Gasteiger partial charge in [0.1, 0.15) is 0 Å². The number of methoxy groups -OCH3 is 2. The second kappa shape index (κ2) is 5.51. The molecule has 1 aromatic carbocycles. The Morgan fingerprint density at radius 2 is 2.10 bits per heavy atom. The molecule has 7 heteroatoms. The van der Waals surface area contributed by atoms with Gasteiger partial charge < -0.3 is 20.1 Å². The predicted molar refractivity (Wildman–Crippen MR) is 80.4 cm³/mol. The number of benzene rings is 1. The molecule has 112 valence electrons. The van der Waals surface area contributed by atoms with Crippen molar-refractivity contribution in [3.63, 3.8) is 0 Å². The zero-order valence-electron chi connectivity index (χ0n) is 12.4. The molecule has 7 nitrogen and oxygen atoms in total. The first-order valence-corrected chi connectivity index (χ1v) is 6.87. The van der Waals surface area contributed by atoms with Gasteiger partial charge in [-0.25, -0.2) is 4.68 Å². The molecule has 0 bridgehead atoms. The third-order valence-electron chi connectivity index (χ3n) is 3.64. The first-order chi connectivity index (χ1) is 10.3. The van der Waals surface area contributed by atoms with Crippen LogP contribution in [0.25, 0.3) is 0 Å². The predicted octanol–water partition coefficient (Wildman–Crippen LogP) is 1.74. The van der Waals surface area contributed by atoms with Crippen molar-refractivity contribution in [3.8, 4) is 11.5 Å². The summed E-state index contributed by atoms with van der Waals surface area (Å²) < 4.78 is 12.6. The van der Waals surface area contributed by atoms with Crippen molar-refractivity contribution in [2.45, 2.75) is 12.5 Å². The summed E-state index contributed by atoms with van der Waals surface area (Å²) in [5.41, 5.74) is 1.13. The Balaban J connectivity index is 2.00. The van der Waals surface area contributed by atoms with Crippen LogP contribution in [-0.4, -0.2) is 42.6 Å². The van der Waals surface area contributed by atoms with E-state index in [2.05, 4.69) is 20.7 Å². The van der Waals surface area contributed by atoms with Gasteiger partial charge in [0.2, 0.25) is 11.9 Å². The highest BCUT2D eigenvalue weighted by atomic mass is 16.5. The zero-order valence-corrected chi connectivity index (χ0v) is 12.4. The maximum absolute atomic E-state index is 5.38. The highest BCUT2D eigenvalue weighted by Crippen LogP contribution is 2.34. The maximum atomic E-state index is 5.38. The quantitative estimate of drug-likeness (QED) is 0.893. The Kier molecular flexibility index (Phi) is 3.55. The van der Waals surface area contributed by atoms with Gasteiger partial charge >= 0.3 is 0 Å². The van der Waals surface area contributed by atoms with E-state index in [1.165, 1.54) is 0 Å². The van der Waals surface area contributed by atoms with Gasteiger partial charge in [0, 0.05) is 13.6 Å². The van der Waals surface area contributed by atoms with Crippen molar-refractivity contribution in [2.24, 2.45) is 0 Å². The highest BCUT2D eigenvalue weighted by molar-refractivity contribution is 5.45. The lowest BCUT2D eigenvalue weighted by atomic mass is 10.0. The number of ether oxygens (including phenoxy) is 2. The Morgan fingerprint density at radius 1 is 1.29 bits per heavy atom. The Morgan fingerprint density at radius 3 is 2.81 bits per heavy atom. The van der Waals surface area contributed by atoms with Crippen LogP contribution in [0.3, 0.4) is 0 Å². The first-order valence-electron chi connectivity index (χ1n) is 6.87. The fraction of sp³-hybridized carbons (Fsp3) is 0.429. The molecule has 0 aliphatic carbocycles. The topological polar surface area (TPSA) is 73.2 Å². The van der Waals surface area contributed by atoms with Crippen molar-refractivity contribution in [3.05, 3.63) is 23.8 Å². The second-order valence-corrected chi connectivity index (χ2v) is 4.80. The molecular formula is C14H19N5O2. The minimum Gasteiger partial charge on any atom is -0.493 e. The van der Waals surface area contributed by atoms with Crippen LogP contribution in [0.15, 0.2) is 18.2 Å². The number of fused-ring (bicyclic) bond motifs is 1. The largest absolute Gasteiger partial charge is 0.493 e. The molecule has 2 aromatic rings. The maximum Gasteiger partial charge on any atom is 0.243 e. The molecule has 0 amide bonds. The van der Waals surface area contributed by atoms with E-state index < -0.39 is 0 Å². The van der Waals surface area contributed by atoms with E-state index in [1.807, 2.05) is 29.9 Å². The van der Waals surface area contributed by atoms with E-state index in [1.54, 1.807) is 14.2 Å². The molecule has 0 saturated heterocycles. The van der Waals surface area contributed by atoms with Crippen LogP contribution in [0.2, 0.25) is 0 Å². The van der Waals surface area contributed by atoms with Gasteiger partial charge in [-0.15, -0.1) is 5.10 Å². The van der Waals surface area contributed by atoms with Gasteiger partial charge in [-0.1, -0.05) is 6.07 Å².